The maximum absolute atomic E-state index is 11.6. The molecule has 1 aromatic rings. The van der Waals surface area contributed by atoms with E-state index in [9.17, 15) is 9.90 Å². The molecule has 2 saturated carbocycles. The highest BCUT2D eigenvalue weighted by atomic mass is 16.5. The van der Waals surface area contributed by atoms with E-state index in [2.05, 4.69) is 9.97 Å². The molecule has 0 saturated heterocycles. The molecule has 0 spiro atoms. The molecule has 0 radical (unpaired) electrons. The van der Waals surface area contributed by atoms with Crippen LogP contribution in [0.1, 0.15) is 26.2 Å². The fraction of sp³-hybridized carbons (Fsp3) is 0.643. The van der Waals surface area contributed by atoms with Gasteiger partial charge in [0.2, 0.25) is 11.8 Å². The first-order chi connectivity index (χ1) is 9.95. The van der Waals surface area contributed by atoms with Crippen molar-refractivity contribution in [2.45, 2.75) is 32.3 Å². The molecule has 0 aliphatic heterocycles. The summed E-state index contributed by atoms with van der Waals surface area (Å²) in [6.45, 7) is 2.00. The van der Waals surface area contributed by atoms with E-state index in [1.165, 1.54) is 20.3 Å². The van der Waals surface area contributed by atoms with Crippen molar-refractivity contribution in [1.29, 1.82) is 0 Å². The number of methoxy groups -OCH3 is 2. The Balaban J connectivity index is 1.86. The summed E-state index contributed by atoms with van der Waals surface area (Å²) in [4.78, 5) is 19.8. The lowest BCUT2D eigenvalue weighted by Crippen LogP contribution is -2.34. The molecule has 1 N–H and O–H groups in total. The quantitative estimate of drug-likeness (QED) is 0.880. The average Bonchev–Trinajstić information content (AvgIpc) is 3.02. The third kappa shape index (κ3) is 1.91. The minimum atomic E-state index is -0.813. The monoisotopic (exact) mass is 294 g/mol. The van der Waals surface area contributed by atoms with Crippen molar-refractivity contribution in [2.24, 2.45) is 10.8 Å². The first kappa shape index (κ1) is 13.9. The molecular weight excluding hydrogens is 276 g/mol. The van der Waals surface area contributed by atoms with Crippen LogP contribution in [0.2, 0.25) is 0 Å². The summed E-state index contributed by atoms with van der Waals surface area (Å²) in [5, 5.41) is 9.56. The van der Waals surface area contributed by atoms with Crippen LogP contribution in [0.15, 0.2) is 6.07 Å². The molecule has 7 heteroatoms. The second-order valence-electron chi connectivity index (χ2n) is 5.89. The van der Waals surface area contributed by atoms with Gasteiger partial charge in [-0.1, -0.05) is 6.92 Å². The Morgan fingerprint density at radius 3 is 2.43 bits per heavy atom. The molecular formula is C14H18N2O5. The second kappa shape index (κ2) is 4.47. The second-order valence-corrected chi connectivity index (χ2v) is 5.89. The Morgan fingerprint density at radius 2 is 1.95 bits per heavy atom. The van der Waals surface area contributed by atoms with Gasteiger partial charge in [-0.3, -0.25) is 4.79 Å². The van der Waals surface area contributed by atoms with E-state index in [-0.39, 0.29) is 11.4 Å². The predicted molar refractivity (Wildman–Crippen MR) is 71.6 cm³/mol. The summed E-state index contributed by atoms with van der Waals surface area (Å²) in [5.74, 6) is -0.169. The van der Waals surface area contributed by atoms with Crippen molar-refractivity contribution in [3.8, 4) is 17.8 Å². The van der Waals surface area contributed by atoms with Gasteiger partial charge in [0.25, 0.3) is 0 Å². The average molecular weight is 294 g/mol. The zero-order valence-corrected chi connectivity index (χ0v) is 12.3. The molecule has 1 aromatic heterocycles. The standard InChI is InChI=1S/C14H18N2O5/c1-13-5-4-8(14(13,7-13)11(17)18)21-12-15-9(19-2)6-10(16-12)20-3/h6,8H,4-5,7H2,1-3H3,(H,17,18). The van der Waals surface area contributed by atoms with E-state index in [0.29, 0.717) is 24.6 Å². The van der Waals surface area contributed by atoms with Gasteiger partial charge in [-0.05, 0) is 24.7 Å². The van der Waals surface area contributed by atoms with E-state index in [1.54, 1.807) is 0 Å². The molecule has 3 rings (SSSR count). The minimum Gasteiger partial charge on any atom is -0.481 e. The van der Waals surface area contributed by atoms with Crippen molar-refractivity contribution in [1.82, 2.24) is 9.97 Å². The van der Waals surface area contributed by atoms with Crippen LogP contribution in [0, 0.1) is 10.8 Å². The molecule has 2 aliphatic rings. The number of carboxylic acids is 1. The van der Waals surface area contributed by atoms with E-state index in [4.69, 9.17) is 14.2 Å². The number of fused-ring (bicyclic) bond motifs is 1. The highest BCUT2D eigenvalue weighted by Crippen LogP contribution is 2.73. The highest BCUT2D eigenvalue weighted by Gasteiger charge is 2.77. The van der Waals surface area contributed by atoms with Crippen molar-refractivity contribution in [3.05, 3.63) is 6.07 Å². The van der Waals surface area contributed by atoms with Gasteiger partial charge in [-0.15, -0.1) is 0 Å². The molecule has 0 amide bonds. The van der Waals surface area contributed by atoms with Crippen molar-refractivity contribution < 1.29 is 24.1 Å². The van der Waals surface area contributed by atoms with Gasteiger partial charge in [0, 0.05) is 0 Å². The van der Waals surface area contributed by atoms with E-state index in [0.717, 1.165) is 6.42 Å². The van der Waals surface area contributed by atoms with Gasteiger partial charge in [0.1, 0.15) is 11.5 Å². The third-order valence-corrected chi connectivity index (χ3v) is 4.84. The number of carbonyl (C=O) groups is 1. The first-order valence-electron chi connectivity index (χ1n) is 6.82. The van der Waals surface area contributed by atoms with Crippen LogP contribution in [0.4, 0.5) is 0 Å². The van der Waals surface area contributed by atoms with Crippen LogP contribution in [0.3, 0.4) is 0 Å². The van der Waals surface area contributed by atoms with Gasteiger partial charge in [-0.2, -0.15) is 9.97 Å². The van der Waals surface area contributed by atoms with Gasteiger partial charge in [0.05, 0.1) is 20.3 Å². The Hall–Kier alpha value is -2.05. The fourth-order valence-corrected chi connectivity index (χ4v) is 3.49. The number of ether oxygens (including phenoxy) is 3. The highest BCUT2D eigenvalue weighted by molar-refractivity contribution is 5.81. The zero-order chi connectivity index (χ0) is 15.3. The van der Waals surface area contributed by atoms with Crippen LogP contribution >= 0.6 is 0 Å². The predicted octanol–water partition coefficient (Wildman–Crippen LogP) is 1.52. The van der Waals surface area contributed by atoms with Crippen molar-refractivity contribution in [3.63, 3.8) is 0 Å². The normalized spacial score (nSPS) is 33.2. The van der Waals surface area contributed by atoms with Crippen LogP contribution in [0.5, 0.6) is 17.8 Å². The summed E-state index contributed by atoms with van der Waals surface area (Å²) < 4.78 is 15.9. The molecule has 0 aromatic carbocycles. The third-order valence-electron chi connectivity index (χ3n) is 4.84. The molecule has 0 bridgehead atoms. The summed E-state index contributed by atoms with van der Waals surface area (Å²) in [5.41, 5.74) is -0.987. The largest absolute Gasteiger partial charge is 0.481 e. The number of nitrogens with zero attached hydrogens (tertiary/aromatic N) is 2. The fourth-order valence-electron chi connectivity index (χ4n) is 3.49. The number of aliphatic carboxylic acids is 1. The molecule has 2 fully saturated rings. The number of hydrogen-bond donors (Lipinski definition) is 1. The summed E-state index contributed by atoms with van der Waals surface area (Å²) in [6.07, 6.45) is 1.74. The maximum Gasteiger partial charge on any atom is 0.323 e. The molecule has 2 aliphatic carbocycles. The Bertz CT molecular complexity index is 570. The van der Waals surface area contributed by atoms with E-state index < -0.39 is 17.5 Å². The molecule has 114 valence electrons. The molecule has 3 unspecified atom stereocenters. The maximum atomic E-state index is 11.6. The lowest BCUT2D eigenvalue weighted by atomic mass is 9.96. The number of rotatable bonds is 5. The SMILES string of the molecule is COc1cc(OC)nc(OC2CCC3(C)CC23C(=O)O)n1. The van der Waals surface area contributed by atoms with Crippen LogP contribution < -0.4 is 14.2 Å². The molecule has 3 atom stereocenters. The number of aromatic nitrogens is 2. The number of hydrogen-bond acceptors (Lipinski definition) is 6. The van der Waals surface area contributed by atoms with Crippen molar-refractivity contribution in [2.75, 3.05) is 14.2 Å². The van der Waals surface area contributed by atoms with Crippen LogP contribution in [-0.2, 0) is 4.79 Å². The lowest BCUT2D eigenvalue weighted by Gasteiger charge is -2.20. The molecule has 21 heavy (non-hydrogen) atoms. The van der Waals surface area contributed by atoms with Gasteiger partial charge >= 0.3 is 12.0 Å². The smallest absolute Gasteiger partial charge is 0.323 e. The van der Waals surface area contributed by atoms with Gasteiger partial charge in [-0.25, -0.2) is 0 Å². The Labute approximate surface area is 122 Å². The van der Waals surface area contributed by atoms with E-state index in [1.807, 2.05) is 6.92 Å². The topological polar surface area (TPSA) is 90.8 Å². The number of carboxylic acid groups (broad SMARTS) is 1. The minimum absolute atomic E-state index is 0.0907. The van der Waals surface area contributed by atoms with Crippen LogP contribution in [0.25, 0.3) is 0 Å². The molecule has 1 heterocycles. The molecule has 7 nitrogen and oxygen atoms in total. The summed E-state index contributed by atoms with van der Waals surface area (Å²) >= 11 is 0. The summed E-state index contributed by atoms with van der Waals surface area (Å²) in [6, 6.07) is 1.63. The van der Waals surface area contributed by atoms with Gasteiger partial charge < -0.3 is 19.3 Å². The Morgan fingerprint density at radius 1 is 1.33 bits per heavy atom. The zero-order valence-electron chi connectivity index (χ0n) is 12.3. The van der Waals surface area contributed by atoms with Crippen LogP contribution in [-0.4, -0.2) is 41.4 Å². The van der Waals surface area contributed by atoms with E-state index >= 15 is 0 Å². The first-order valence-corrected chi connectivity index (χ1v) is 6.82. The van der Waals surface area contributed by atoms with Crippen molar-refractivity contribution >= 4 is 5.97 Å². The summed E-state index contributed by atoms with van der Waals surface area (Å²) in [7, 11) is 2.97. The lowest BCUT2D eigenvalue weighted by molar-refractivity contribution is -0.147. The van der Waals surface area contributed by atoms with Gasteiger partial charge in [0.15, 0.2) is 0 Å². The Kier molecular flexibility index (Phi) is 2.96.